The first-order chi connectivity index (χ1) is 10.5. The van der Waals surface area contributed by atoms with Gasteiger partial charge in [0.1, 0.15) is 17.6 Å². The van der Waals surface area contributed by atoms with Crippen LogP contribution in [0.15, 0.2) is 42.9 Å². The lowest BCUT2D eigenvalue weighted by Crippen LogP contribution is -2.27. The molecule has 0 bridgehead atoms. The van der Waals surface area contributed by atoms with E-state index in [1.54, 1.807) is 12.3 Å². The zero-order valence-corrected chi connectivity index (χ0v) is 12.6. The van der Waals surface area contributed by atoms with Crippen LogP contribution in [0.25, 0.3) is 22.3 Å². The molecule has 112 valence electrons. The van der Waals surface area contributed by atoms with Crippen LogP contribution in [0.4, 0.5) is 4.79 Å². The Hall–Kier alpha value is -2.76. The molecule has 2 heterocycles. The number of para-hydroxylation sites is 1. The Labute approximate surface area is 127 Å². The predicted octanol–water partition coefficient (Wildman–Crippen LogP) is 3.28. The van der Waals surface area contributed by atoms with Crippen molar-refractivity contribution in [2.45, 2.75) is 26.4 Å². The van der Waals surface area contributed by atoms with Gasteiger partial charge in [0.15, 0.2) is 0 Å². The van der Waals surface area contributed by atoms with E-state index in [0.717, 1.165) is 5.39 Å². The lowest BCUT2D eigenvalue weighted by atomic mass is 10.1. The number of ether oxygens (including phenoxy) is 1. The second-order valence-corrected chi connectivity index (χ2v) is 5.85. The number of carbonyl (C=O) groups excluding carboxylic acids is 1. The summed E-state index contributed by atoms with van der Waals surface area (Å²) in [7, 11) is 0. The maximum absolute atomic E-state index is 12.4. The highest BCUT2D eigenvalue weighted by Gasteiger charge is 2.22. The summed E-state index contributed by atoms with van der Waals surface area (Å²) >= 11 is 0. The Morgan fingerprint density at radius 1 is 1.18 bits per heavy atom. The van der Waals surface area contributed by atoms with Crippen LogP contribution in [0.3, 0.4) is 0 Å². The number of rotatable bonds is 1. The van der Waals surface area contributed by atoms with Gasteiger partial charge >= 0.3 is 6.09 Å². The number of hydrogen-bond donors (Lipinski definition) is 0. The maximum Gasteiger partial charge on any atom is 0.435 e. The zero-order chi connectivity index (χ0) is 15.7. The van der Waals surface area contributed by atoms with Gasteiger partial charge in [-0.05, 0) is 32.9 Å². The van der Waals surface area contributed by atoms with Crippen molar-refractivity contribution < 1.29 is 9.53 Å². The first kappa shape index (κ1) is 14.2. The minimum absolute atomic E-state index is 0.510. The van der Waals surface area contributed by atoms with Crippen LogP contribution in [0.5, 0.6) is 0 Å². The van der Waals surface area contributed by atoms with E-state index in [9.17, 15) is 4.79 Å². The topological polar surface area (TPSA) is 69.9 Å². The van der Waals surface area contributed by atoms with Gasteiger partial charge < -0.3 is 4.74 Å². The average molecular weight is 296 g/mol. The Bertz CT molecular complexity index is 819. The first-order valence-electron chi connectivity index (χ1n) is 6.93. The molecule has 0 aliphatic rings. The number of aromatic nitrogens is 4. The zero-order valence-electron chi connectivity index (χ0n) is 12.6. The predicted molar refractivity (Wildman–Crippen MR) is 82.4 cm³/mol. The van der Waals surface area contributed by atoms with Crippen LogP contribution in [0, 0.1) is 0 Å². The van der Waals surface area contributed by atoms with Gasteiger partial charge in [-0.2, -0.15) is 9.78 Å². The number of benzene rings is 1. The molecule has 2 aromatic heterocycles. The van der Waals surface area contributed by atoms with Crippen LogP contribution in [-0.4, -0.2) is 31.4 Å². The van der Waals surface area contributed by atoms with E-state index < -0.39 is 11.7 Å². The fourth-order valence-electron chi connectivity index (χ4n) is 2.13. The lowest BCUT2D eigenvalue weighted by molar-refractivity contribution is 0.0523. The van der Waals surface area contributed by atoms with E-state index in [-0.39, 0.29) is 0 Å². The summed E-state index contributed by atoms with van der Waals surface area (Å²) in [6.45, 7) is 5.46. The van der Waals surface area contributed by atoms with Crippen molar-refractivity contribution in [1.82, 2.24) is 19.7 Å². The van der Waals surface area contributed by atoms with Crippen LogP contribution >= 0.6 is 0 Å². The summed E-state index contributed by atoms with van der Waals surface area (Å²) in [5.74, 6) is 0. The van der Waals surface area contributed by atoms with E-state index in [2.05, 4.69) is 15.1 Å². The average Bonchev–Trinajstić information content (AvgIpc) is 2.86. The maximum atomic E-state index is 12.4. The van der Waals surface area contributed by atoms with Gasteiger partial charge in [0, 0.05) is 11.6 Å². The van der Waals surface area contributed by atoms with Crippen LogP contribution in [0.2, 0.25) is 0 Å². The van der Waals surface area contributed by atoms with Gasteiger partial charge in [-0.3, -0.25) is 0 Å². The first-order valence-corrected chi connectivity index (χ1v) is 6.93. The summed E-state index contributed by atoms with van der Waals surface area (Å²) < 4.78 is 6.69. The van der Waals surface area contributed by atoms with Crippen LogP contribution in [0.1, 0.15) is 20.8 Å². The quantitative estimate of drug-likeness (QED) is 0.689. The van der Waals surface area contributed by atoms with Crippen molar-refractivity contribution in [2.75, 3.05) is 0 Å². The molecule has 3 rings (SSSR count). The van der Waals surface area contributed by atoms with Gasteiger partial charge in [-0.1, -0.05) is 18.2 Å². The molecular weight excluding hydrogens is 280 g/mol. The molecule has 0 spiro atoms. The van der Waals surface area contributed by atoms with Crippen LogP contribution in [-0.2, 0) is 4.74 Å². The van der Waals surface area contributed by atoms with E-state index >= 15 is 0 Å². The van der Waals surface area contributed by atoms with E-state index in [0.29, 0.717) is 16.9 Å². The Morgan fingerprint density at radius 3 is 2.64 bits per heavy atom. The SMILES string of the molecule is CC(C)(C)OC(=O)n1nc(-c2ccncn2)c2ccccc21. The van der Waals surface area contributed by atoms with Crippen molar-refractivity contribution in [3.63, 3.8) is 0 Å². The summed E-state index contributed by atoms with van der Waals surface area (Å²) in [4.78, 5) is 20.5. The highest BCUT2D eigenvalue weighted by atomic mass is 16.6. The Balaban J connectivity index is 2.15. The van der Waals surface area contributed by atoms with Gasteiger partial charge in [-0.25, -0.2) is 14.8 Å². The second kappa shape index (κ2) is 5.22. The second-order valence-electron chi connectivity index (χ2n) is 5.85. The molecule has 0 saturated heterocycles. The molecule has 0 amide bonds. The molecule has 6 heteroatoms. The summed E-state index contributed by atoms with van der Waals surface area (Å²) in [6, 6.07) is 9.24. The van der Waals surface area contributed by atoms with Crippen molar-refractivity contribution in [3.8, 4) is 11.4 Å². The third-order valence-corrected chi connectivity index (χ3v) is 2.98. The summed E-state index contributed by atoms with van der Waals surface area (Å²) in [5.41, 5.74) is 1.39. The van der Waals surface area contributed by atoms with E-state index in [1.807, 2.05) is 45.0 Å². The highest BCUT2D eigenvalue weighted by Crippen LogP contribution is 2.26. The monoisotopic (exact) mass is 296 g/mol. The van der Waals surface area contributed by atoms with Crippen molar-refractivity contribution in [1.29, 1.82) is 0 Å². The molecule has 22 heavy (non-hydrogen) atoms. The molecule has 0 atom stereocenters. The highest BCUT2D eigenvalue weighted by molar-refractivity contribution is 5.96. The Morgan fingerprint density at radius 2 is 1.95 bits per heavy atom. The molecule has 0 radical (unpaired) electrons. The number of carbonyl (C=O) groups is 1. The molecule has 3 aromatic rings. The minimum Gasteiger partial charge on any atom is -0.442 e. The van der Waals surface area contributed by atoms with Crippen molar-refractivity contribution >= 4 is 17.0 Å². The molecule has 0 aliphatic heterocycles. The summed E-state index contributed by atoms with van der Waals surface area (Å²) in [6.07, 6.45) is 2.59. The third-order valence-electron chi connectivity index (χ3n) is 2.98. The van der Waals surface area contributed by atoms with E-state index in [4.69, 9.17) is 4.74 Å². The fourth-order valence-corrected chi connectivity index (χ4v) is 2.13. The minimum atomic E-state index is -0.584. The lowest BCUT2D eigenvalue weighted by Gasteiger charge is -2.19. The van der Waals surface area contributed by atoms with E-state index in [1.165, 1.54) is 11.0 Å². The third kappa shape index (κ3) is 2.67. The molecule has 0 aliphatic carbocycles. The fraction of sp³-hybridized carbons (Fsp3) is 0.250. The molecular formula is C16H16N4O2. The molecule has 0 unspecified atom stereocenters. The molecule has 0 fully saturated rings. The number of nitrogens with zero attached hydrogens (tertiary/aromatic N) is 4. The standard InChI is InChI=1S/C16H16N4O2/c1-16(2,3)22-15(21)20-13-7-5-4-6-11(13)14(19-20)12-8-9-17-10-18-12/h4-10H,1-3H3. The molecule has 0 N–H and O–H groups in total. The number of fused-ring (bicyclic) bond motifs is 1. The van der Waals surface area contributed by atoms with Gasteiger partial charge in [-0.15, -0.1) is 0 Å². The number of hydrogen-bond acceptors (Lipinski definition) is 5. The van der Waals surface area contributed by atoms with Crippen LogP contribution < -0.4 is 0 Å². The normalized spacial score (nSPS) is 11.6. The van der Waals surface area contributed by atoms with Crippen molar-refractivity contribution in [2.24, 2.45) is 0 Å². The smallest absolute Gasteiger partial charge is 0.435 e. The Kier molecular flexibility index (Phi) is 3.36. The van der Waals surface area contributed by atoms with Gasteiger partial charge in [0.25, 0.3) is 0 Å². The van der Waals surface area contributed by atoms with Gasteiger partial charge in [0.2, 0.25) is 0 Å². The molecule has 1 aromatic carbocycles. The van der Waals surface area contributed by atoms with Gasteiger partial charge in [0.05, 0.1) is 11.2 Å². The molecule has 0 saturated carbocycles. The summed E-state index contributed by atoms with van der Waals surface area (Å²) in [5, 5.41) is 5.24. The largest absolute Gasteiger partial charge is 0.442 e. The molecule has 6 nitrogen and oxygen atoms in total. The van der Waals surface area contributed by atoms with Crippen molar-refractivity contribution in [3.05, 3.63) is 42.9 Å².